The van der Waals surface area contributed by atoms with E-state index in [0.717, 1.165) is 35.1 Å². The van der Waals surface area contributed by atoms with Crippen LogP contribution >= 0.6 is 15.9 Å². The van der Waals surface area contributed by atoms with Gasteiger partial charge in [0.25, 0.3) is 0 Å². The van der Waals surface area contributed by atoms with Gasteiger partial charge in [0.1, 0.15) is 0 Å². The smallest absolute Gasteiger partial charge is 0.0738 e. The van der Waals surface area contributed by atoms with Crippen molar-refractivity contribution in [3.8, 4) is 0 Å². The zero-order valence-corrected chi connectivity index (χ0v) is 14.9. The van der Waals surface area contributed by atoms with E-state index in [2.05, 4.69) is 41.8 Å². The molecular weight excluding hydrogens is 316 g/mol. The van der Waals surface area contributed by atoms with E-state index in [1.54, 1.807) is 0 Å². The van der Waals surface area contributed by atoms with Crippen molar-refractivity contribution in [2.24, 2.45) is 18.4 Å². The van der Waals surface area contributed by atoms with Gasteiger partial charge in [0.15, 0.2) is 0 Å². The molecule has 3 nitrogen and oxygen atoms in total. The fourth-order valence-electron chi connectivity index (χ4n) is 3.84. The Balaban J connectivity index is 2.33. The third-order valence-corrected chi connectivity index (χ3v) is 5.81. The molecule has 114 valence electrons. The van der Waals surface area contributed by atoms with Crippen molar-refractivity contribution >= 4 is 15.9 Å². The number of aliphatic hydroxyl groups is 1. The lowest BCUT2D eigenvalue weighted by molar-refractivity contribution is -0.0900. The molecule has 0 bridgehead atoms. The summed E-state index contributed by atoms with van der Waals surface area (Å²) in [6, 6.07) is 0. The van der Waals surface area contributed by atoms with Crippen molar-refractivity contribution in [2.45, 2.75) is 65.4 Å². The predicted octanol–water partition coefficient (Wildman–Crippen LogP) is 4.00. The molecule has 2 rings (SSSR count). The minimum Gasteiger partial charge on any atom is -0.389 e. The summed E-state index contributed by atoms with van der Waals surface area (Å²) in [5, 5.41) is 15.8. The van der Waals surface area contributed by atoms with Gasteiger partial charge >= 0.3 is 0 Å². The zero-order chi connectivity index (χ0) is 15.1. The van der Waals surface area contributed by atoms with Crippen molar-refractivity contribution in [2.75, 3.05) is 0 Å². The van der Waals surface area contributed by atoms with Gasteiger partial charge in [-0.1, -0.05) is 33.6 Å². The Kier molecular flexibility index (Phi) is 4.37. The molecule has 2 unspecified atom stereocenters. The second kappa shape index (κ2) is 5.45. The van der Waals surface area contributed by atoms with E-state index in [4.69, 9.17) is 0 Å². The molecule has 1 fully saturated rings. The van der Waals surface area contributed by atoms with Crippen molar-refractivity contribution in [3.63, 3.8) is 0 Å². The third kappa shape index (κ3) is 2.96. The number of hydrogen-bond donors (Lipinski definition) is 1. The highest BCUT2D eigenvalue weighted by molar-refractivity contribution is 9.10. The summed E-state index contributed by atoms with van der Waals surface area (Å²) in [5.74, 6) is 0.339. The molecule has 0 radical (unpaired) electrons. The van der Waals surface area contributed by atoms with E-state index in [0.29, 0.717) is 12.3 Å². The number of hydrogen-bond acceptors (Lipinski definition) is 2. The van der Waals surface area contributed by atoms with Crippen LogP contribution in [0.1, 0.15) is 57.8 Å². The Morgan fingerprint density at radius 2 is 2.05 bits per heavy atom. The first-order valence-electron chi connectivity index (χ1n) is 7.55. The van der Waals surface area contributed by atoms with Crippen LogP contribution in [0, 0.1) is 18.3 Å². The second-order valence-electron chi connectivity index (χ2n) is 7.41. The summed E-state index contributed by atoms with van der Waals surface area (Å²) < 4.78 is 2.96. The zero-order valence-electron chi connectivity index (χ0n) is 13.3. The van der Waals surface area contributed by atoms with Gasteiger partial charge in [0.2, 0.25) is 0 Å². The fourth-order valence-corrected chi connectivity index (χ4v) is 4.31. The van der Waals surface area contributed by atoms with Crippen molar-refractivity contribution < 1.29 is 5.11 Å². The van der Waals surface area contributed by atoms with Crippen LogP contribution in [0.3, 0.4) is 0 Å². The first kappa shape index (κ1) is 16.0. The molecule has 4 heteroatoms. The molecule has 0 aromatic carbocycles. The predicted molar refractivity (Wildman–Crippen MR) is 85.7 cm³/mol. The largest absolute Gasteiger partial charge is 0.389 e. The number of rotatable bonds is 2. The maximum absolute atomic E-state index is 11.3. The van der Waals surface area contributed by atoms with Crippen LogP contribution in [0.2, 0.25) is 0 Å². The lowest BCUT2D eigenvalue weighted by Crippen LogP contribution is -2.48. The topological polar surface area (TPSA) is 38.0 Å². The van der Waals surface area contributed by atoms with E-state index in [1.807, 2.05) is 18.7 Å². The number of nitrogens with zero attached hydrogens (tertiary/aromatic N) is 2. The van der Waals surface area contributed by atoms with Gasteiger partial charge in [-0.3, -0.25) is 4.68 Å². The van der Waals surface area contributed by atoms with Gasteiger partial charge in [-0.25, -0.2) is 0 Å². The maximum Gasteiger partial charge on any atom is 0.0738 e. The van der Waals surface area contributed by atoms with Crippen LogP contribution in [0.4, 0.5) is 0 Å². The molecule has 1 aliphatic rings. The van der Waals surface area contributed by atoms with Gasteiger partial charge in [0, 0.05) is 13.5 Å². The minimum absolute atomic E-state index is 0.134. The summed E-state index contributed by atoms with van der Waals surface area (Å²) in [6.07, 6.45) is 5.06. The van der Waals surface area contributed by atoms with E-state index >= 15 is 0 Å². The average Bonchev–Trinajstić information content (AvgIpc) is 2.55. The summed E-state index contributed by atoms with van der Waals surface area (Å²) in [4.78, 5) is 0. The summed E-state index contributed by atoms with van der Waals surface area (Å²) in [5.41, 5.74) is 1.63. The fraction of sp³-hybridized carbons (Fsp3) is 0.812. The molecule has 0 spiro atoms. The monoisotopic (exact) mass is 342 g/mol. The average molecular weight is 343 g/mol. The van der Waals surface area contributed by atoms with E-state index < -0.39 is 5.60 Å². The molecule has 1 aliphatic carbocycles. The number of aryl methyl sites for hydroxylation is 2. The first-order valence-corrected chi connectivity index (χ1v) is 8.35. The van der Waals surface area contributed by atoms with Crippen LogP contribution in [-0.4, -0.2) is 20.5 Å². The standard InChI is InChI=1S/C16H27BrN2O/c1-11-14(17)12(19(5)18-11)10-16(20)9-7-6-8-13(16)15(2,3)4/h13,20H,6-10H2,1-5H3. The Hall–Kier alpha value is -0.350. The van der Waals surface area contributed by atoms with Crippen molar-refractivity contribution in [1.29, 1.82) is 0 Å². The molecule has 1 aromatic rings. The van der Waals surface area contributed by atoms with Crippen LogP contribution < -0.4 is 0 Å². The molecule has 0 aliphatic heterocycles. The first-order chi connectivity index (χ1) is 9.15. The SMILES string of the molecule is Cc1nn(C)c(CC2(O)CCCCC2C(C)(C)C)c1Br. The molecule has 1 saturated carbocycles. The lowest BCUT2D eigenvalue weighted by atomic mass is 9.62. The molecule has 1 N–H and O–H groups in total. The highest BCUT2D eigenvalue weighted by Gasteiger charge is 2.45. The summed E-state index contributed by atoms with van der Waals surface area (Å²) in [6.45, 7) is 8.74. The van der Waals surface area contributed by atoms with Crippen LogP contribution in [-0.2, 0) is 13.5 Å². The van der Waals surface area contributed by atoms with Crippen LogP contribution in [0.5, 0.6) is 0 Å². The summed E-state index contributed by atoms with van der Waals surface area (Å²) in [7, 11) is 1.96. The van der Waals surface area contributed by atoms with Gasteiger partial charge in [-0.05, 0) is 47.0 Å². The number of aromatic nitrogens is 2. The van der Waals surface area contributed by atoms with Gasteiger partial charge in [0.05, 0.1) is 21.5 Å². The Labute approximate surface area is 130 Å². The van der Waals surface area contributed by atoms with E-state index in [-0.39, 0.29) is 5.41 Å². The molecule has 2 atom stereocenters. The molecule has 20 heavy (non-hydrogen) atoms. The van der Waals surface area contributed by atoms with Crippen molar-refractivity contribution in [3.05, 3.63) is 15.9 Å². The molecule has 1 aromatic heterocycles. The van der Waals surface area contributed by atoms with E-state index in [1.165, 1.54) is 6.42 Å². The van der Waals surface area contributed by atoms with Gasteiger partial charge in [-0.2, -0.15) is 5.10 Å². The minimum atomic E-state index is -0.612. The molecule has 0 saturated heterocycles. The van der Waals surface area contributed by atoms with E-state index in [9.17, 15) is 5.11 Å². The van der Waals surface area contributed by atoms with Crippen LogP contribution in [0.25, 0.3) is 0 Å². The molecule has 0 amide bonds. The molecular formula is C16H27BrN2O. The Morgan fingerprint density at radius 1 is 1.40 bits per heavy atom. The third-order valence-electron chi connectivity index (χ3n) is 4.78. The molecule has 1 heterocycles. The van der Waals surface area contributed by atoms with Gasteiger partial charge in [-0.15, -0.1) is 0 Å². The Morgan fingerprint density at radius 3 is 2.55 bits per heavy atom. The normalized spacial score (nSPS) is 27.9. The number of halogens is 1. The van der Waals surface area contributed by atoms with Gasteiger partial charge < -0.3 is 5.11 Å². The highest BCUT2D eigenvalue weighted by Crippen LogP contribution is 2.46. The summed E-state index contributed by atoms with van der Waals surface area (Å²) >= 11 is 3.63. The van der Waals surface area contributed by atoms with Crippen LogP contribution in [0.15, 0.2) is 4.47 Å². The highest BCUT2D eigenvalue weighted by atomic mass is 79.9. The lowest BCUT2D eigenvalue weighted by Gasteiger charge is -2.47. The maximum atomic E-state index is 11.3. The Bertz CT molecular complexity index is 489. The quantitative estimate of drug-likeness (QED) is 0.881. The second-order valence-corrected chi connectivity index (χ2v) is 8.21. The van der Waals surface area contributed by atoms with Crippen molar-refractivity contribution in [1.82, 2.24) is 9.78 Å².